The number of thioether (sulfide) groups is 1. The fourth-order valence-electron chi connectivity index (χ4n) is 4.66. The van der Waals surface area contributed by atoms with Crippen LogP contribution >= 0.6 is 11.8 Å². The molecular weight excluding hydrogens is 525 g/mol. The van der Waals surface area contributed by atoms with Crippen LogP contribution in [-0.2, 0) is 10.5 Å². The van der Waals surface area contributed by atoms with Gasteiger partial charge in [0.05, 0.1) is 17.9 Å². The lowest BCUT2D eigenvalue weighted by Crippen LogP contribution is -2.31. The van der Waals surface area contributed by atoms with E-state index in [1.165, 1.54) is 23.4 Å². The van der Waals surface area contributed by atoms with Gasteiger partial charge in [0.1, 0.15) is 17.6 Å². The van der Waals surface area contributed by atoms with E-state index in [1.54, 1.807) is 16.8 Å². The molecule has 7 nitrogen and oxygen atoms in total. The summed E-state index contributed by atoms with van der Waals surface area (Å²) in [6.45, 7) is 8.54. The Morgan fingerprint density at radius 3 is 2.55 bits per heavy atom. The summed E-state index contributed by atoms with van der Waals surface area (Å²) in [5, 5.41) is 11.6. The zero-order valence-electron chi connectivity index (χ0n) is 22.9. The maximum absolute atomic E-state index is 14.2. The molecule has 1 aromatic heterocycles. The van der Waals surface area contributed by atoms with E-state index in [9.17, 15) is 9.18 Å². The van der Waals surface area contributed by atoms with E-state index in [2.05, 4.69) is 41.6 Å². The van der Waals surface area contributed by atoms with Crippen molar-refractivity contribution in [3.05, 3.63) is 107 Å². The third-order valence-electron chi connectivity index (χ3n) is 6.75. The number of nitrogens with zero attached hydrogens (tertiary/aromatic N) is 3. The quantitative estimate of drug-likeness (QED) is 0.213. The van der Waals surface area contributed by atoms with Crippen LogP contribution in [0.25, 0.3) is 0 Å². The molecule has 3 aromatic carbocycles. The molecule has 9 heteroatoms. The third kappa shape index (κ3) is 5.74. The van der Waals surface area contributed by atoms with E-state index in [4.69, 9.17) is 9.84 Å². The molecule has 5 rings (SSSR count). The van der Waals surface area contributed by atoms with Crippen LogP contribution in [0.5, 0.6) is 5.75 Å². The van der Waals surface area contributed by atoms with Gasteiger partial charge in [-0.3, -0.25) is 4.79 Å². The molecule has 1 atom stereocenters. The van der Waals surface area contributed by atoms with Crippen molar-refractivity contribution in [1.82, 2.24) is 14.8 Å². The summed E-state index contributed by atoms with van der Waals surface area (Å²) >= 11 is 1.35. The van der Waals surface area contributed by atoms with Gasteiger partial charge < -0.3 is 15.4 Å². The molecule has 206 valence electrons. The number of rotatable bonds is 9. The summed E-state index contributed by atoms with van der Waals surface area (Å²) in [7, 11) is 0. The summed E-state index contributed by atoms with van der Waals surface area (Å²) in [5.41, 5.74) is 4.48. The first-order valence-corrected chi connectivity index (χ1v) is 14.3. The second kappa shape index (κ2) is 12.0. The molecule has 0 saturated heterocycles. The van der Waals surface area contributed by atoms with E-state index in [1.807, 2.05) is 56.3 Å². The van der Waals surface area contributed by atoms with Crippen molar-refractivity contribution in [2.75, 3.05) is 17.2 Å². The molecular formula is C31H32FN5O2S. The van der Waals surface area contributed by atoms with Gasteiger partial charge in [0.2, 0.25) is 11.1 Å². The first-order valence-electron chi connectivity index (χ1n) is 13.3. The van der Waals surface area contributed by atoms with E-state index >= 15 is 0 Å². The van der Waals surface area contributed by atoms with Crippen LogP contribution in [0.1, 0.15) is 56.3 Å². The third-order valence-corrected chi connectivity index (χ3v) is 7.63. The van der Waals surface area contributed by atoms with E-state index < -0.39 is 6.04 Å². The Hall–Kier alpha value is -4.11. The lowest BCUT2D eigenvalue weighted by atomic mass is 9.92. The molecule has 0 aliphatic carbocycles. The number of benzene rings is 3. The van der Waals surface area contributed by atoms with Gasteiger partial charge in [-0.05, 0) is 54.7 Å². The summed E-state index contributed by atoms with van der Waals surface area (Å²) in [4.78, 5) is 18.6. The molecule has 1 amide bonds. The average Bonchev–Trinajstić information content (AvgIpc) is 3.35. The molecule has 1 aliphatic rings. The predicted molar refractivity (Wildman–Crippen MR) is 157 cm³/mol. The largest absolute Gasteiger partial charge is 0.492 e. The Bertz CT molecular complexity index is 1550. The number of aromatic nitrogens is 3. The summed E-state index contributed by atoms with van der Waals surface area (Å²) in [6.07, 6.45) is 0. The van der Waals surface area contributed by atoms with E-state index in [0.29, 0.717) is 57.7 Å². The number of amides is 1. The molecule has 4 aromatic rings. The monoisotopic (exact) mass is 557 g/mol. The van der Waals surface area contributed by atoms with Gasteiger partial charge in [0.25, 0.3) is 5.91 Å². The fraction of sp³-hybridized carbons (Fsp3) is 0.258. The van der Waals surface area contributed by atoms with Crippen LogP contribution in [0.15, 0.2) is 89.2 Å². The maximum atomic E-state index is 14.2. The number of halogens is 1. The molecule has 0 bridgehead atoms. The first kappa shape index (κ1) is 27.5. The predicted octanol–water partition coefficient (Wildman–Crippen LogP) is 7.16. The number of carbonyl (C=O) groups is 1. The number of anilines is 2. The Balaban J connectivity index is 1.50. The lowest BCUT2D eigenvalue weighted by molar-refractivity contribution is -0.113. The summed E-state index contributed by atoms with van der Waals surface area (Å²) < 4.78 is 21.7. The first-order chi connectivity index (χ1) is 19.4. The number of para-hydroxylation sites is 2. The van der Waals surface area contributed by atoms with E-state index in [-0.39, 0.29) is 11.7 Å². The minimum absolute atomic E-state index is 0.260. The standard InChI is InChI=1S/C31H32FN5O2S/c1-5-39-26-13-9-8-12-25(26)34-29(38)27-20(4)33-30-35-31(40-18-23-10-6-7-11-24(23)32)36-37(30)28(27)22-16-14-21(15-17-22)19(2)3/h6-17,19,28H,5,18H2,1-4H3,(H,34,38)(H,33,35,36). The Morgan fingerprint density at radius 2 is 1.82 bits per heavy atom. The highest BCUT2D eigenvalue weighted by atomic mass is 32.2. The van der Waals surface area contributed by atoms with Crippen molar-refractivity contribution < 1.29 is 13.9 Å². The number of hydrogen-bond donors (Lipinski definition) is 2. The van der Waals surface area contributed by atoms with Crippen molar-refractivity contribution in [1.29, 1.82) is 0 Å². The molecule has 1 aliphatic heterocycles. The molecule has 40 heavy (non-hydrogen) atoms. The normalized spacial score (nSPS) is 14.6. The average molecular weight is 558 g/mol. The van der Waals surface area contributed by atoms with Gasteiger partial charge in [0.15, 0.2) is 0 Å². The van der Waals surface area contributed by atoms with Crippen molar-refractivity contribution >= 4 is 29.3 Å². The highest BCUT2D eigenvalue weighted by Gasteiger charge is 2.34. The molecule has 0 fully saturated rings. The van der Waals surface area contributed by atoms with Gasteiger partial charge >= 0.3 is 0 Å². The van der Waals surface area contributed by atoms with Gasteiger partial charge in [-0.2, -0.15) is 4.98 Å². The Labute approximate surface area is 237 Å². The molecule has 1 unspecified atom stereocenters. The van der Waals surface area contributed by atoms with Crippen LogP contribution in [0.4, 0.5) is 16.0 Å². The fourth-order valence-corrected chi connectivity index (χ4v) is 5.47. The van der Waals surface area contributed by atoms with Gasteiger partial charge in [0, 0.05) is 11.4 Å². The molecule has 2 N–H and O–H groups in total. The summed E-state index contributed by atoms with van der Waals surface area (Å²) in [5.74, 6) is 1.36. The molecule has 2 heterocycles. The van der Waals surface area contributed by atoms with Crippen LogP contribution in [-0.4, -0.2) is 27.3 Å². The van der Waals surface area contributed by atoms with Crippen molar-refractivity contribution in [2.45, 2.75) is 50.6 Å². The van der Waals surface area contributed by atoms with E-state index in [0.717, 1.165) is 5.56 Å². The zero-order chi connectivity index (χ0) is 28.2. The molecule has 0 saturated carbocycles. The topological polar surface area (TPSA) is 81.1 Å². The number of ether oxygens (including phenoxy) is 1. The zero-order valence-corrected chi connectivity index (χ0v) is 23.8. The Kier molecular flexibility index (Phi) is 8.21. The number of carbonyl (C=O) groups excluding carboxylic acids is 1. The smallest absolute Gasteiger partial charge is 0.255 e. The highest BCUT2D eigenvalue weighted by Crippen LogP contribution is 2.38. The maximum Gasteiger partial charge on any atom is 0.255 e. The second-order valence-corrected chi connectivity index (χ2v) is 10.8. The van der Waals surface area contributed by atoms with Gasteiger partial charge in [-0.25, -0.2) is 9.07 Å². The molecule has 0 radical (unpaired) electrons. The number of fused-ring (bicyclic) bond motifs is 1. The van der Waals surface area contributed by atoms with Gasteiger partial charge in [-0.15, -0.1) is 5.10 Å². The number of hydrogen-bond acceptors (Lipinski definition) is 6. The highest BCUT2D eigenvalue weighted by molar-refractivity contribution is 7.98. The second-order valence-electron chi connectivity index (χ2n) is 9.81. The van der Waals surface area contributed by atoms with Crippen LogP contribution in [0.3, 0.4) is 0 Å². The van der Waals surface area contributed by atoms with Crippen molar-refractivity contribution in [3.63, 3.8) is 0 Å². The van der Waals surface area contributed by atoms with Crippen LogP contribution in [0.2, 0.25) is 0 Å². The number of nitrogens with one attached hydrogen (secondary N) is 2. The van der Waals surface area contributed by atoms with Crippen LogP contribution in [0, 0.1) is 5.82 Å². The van der Waals surface area contributed by atoms with Crippen molar-refractivity contribution in [2.24, 2.45) is 0 Å². The molecule has 0 spiro atoms. The lowest BCUT2D eigenvalue weighted by Gasteiger charge is -2.29. The Morgan fingerprint density at radius 1 is 1.10 bits per heavy atom. The minimum atomic E-state index is -0.521. The minimum Gasteiger partial charge on any atom is -0.492 e. The van der Waals surface area contributed by atoms with Crippen LogP contribution < -0.4 is 15.4 Å². The van der Waals surface area contributed by atoms with Gasteiger partial charge in [-0.1, -0.05) is 80.2 Å². The van der Waals surface area contributed by atoms with Crippen molar-refractivity contribution in [3.8, 4) is 5.75 Å². The SMILES string of the molecule is CCOc1ccccc1NC(=O)C1=C(C)Nc2nc(SCc3ccccc3F)nn2C1c1ccc(C(C)C)cc1. The summed E-state index contributed by atoms with van der Waals surface area (Å²) in [6, 6.07) is 21.8. The number of allylic oxidation sites excluding steroid dienone is 1.